The molecule has 3 rings (SSSR count). The Hall–Kier alpha value is -2.25. The molecule has 0 saturated heterocycles. The first-order valence-corrected chi connectivity index (χ1v) is 7.08. The number of para-hydroxylation sites is 1. The second-order valence-electron chi connectivity index (χ2n) is 4.10. The summed E-state index contributed by atoms with van der Waals surface area (Å²) in [5.41, 5.74) is 3.29. The largest absolute Gasteiger partial charge is 0.338 e. The van der Waals surface area contributed by atoms with Crippen LogP contribution < -0.4 is 0 Å². The van der Waals surface area contributed by atoms with Crippen LogP contribution >= 0.6 is 11.8 Å². The molecule has 1 N–H and O–H groups in total. The highest BCUT2D eigenvalue weighted by Gasteiger charge is 2.11. The summed E-state index contributed by atoms with van der Waals surface area (Å²) in [4.78, 5) is 9.02. The molecule has 0 atom stereocenters. The first kappa shape index (κ1) is 11.8. The molecule has 0 unspecified atom stereocenters. The summed E-state index contributed by atoms with van der Waals surface area (Å²) in [5, 5.41) is 9.11. The van der Waals surface area contributed by atoms with Crippen molar-refractivity contribution in [3.63, 3.8) is 0 Å². The van der Waals surface area contributed by atoms with Crippen LogP contribution in [0, 0.1) is 11.3 Å². The monoisotopic (exact) mass is 265 g/mol. The SMILES string of the molecule is CSc1ccccc1-c1nc2c(C#N)cccc2[nH]1. The van der Waals surface area contributed by atoms with Crippen molar-refractivity contribution in [2.75, 3.05) is 6.26 Å². The minimum atomic E-state index is 0.599. The zero-order valence-corrected chi connectivity index (χ0v) is 11.2. The van der Waals surface area contributed by atoms with E-state index in [0.29, 0.717) is 5.56 Å². The van der Waals surface area contributed by atoms with Crippen molar-refractivity contribution in [3.05, 3.63) is 48.0 Å². The number of imidazole rings is 1. The molecule has 0 spiro atoms. The molecule has 1 aromatic heterocycles. The van der Waals surface area contributed by atoms with Crippen LogP contribution in [0.25, 0.3) is 22.4 Å². The number of thioether (sulfide) groups is 1. The highest BCUT2D eigenvalue weighted by Crippen LogP contribution is 2.30. The van der Waals surface area contributed by atoms with Crippen LogP contribution in [0.1, 0.15) is 5.56 Å². The van der Waals surface area contributed by atoms with Crippen LogP contribution in [0.3, 0.4) is 0 Å². The predicted molar refractivity (Wildman–Crippen MR) is 78.0 cm³/mol. The molecule has 0 aliphatic carbocycles. The number of nitriles is 1. The van der Waals surface area contributed by atoms with E-state index in [1.165, 1.54) is 4.90 Å². The number of nitrogens with one attached hydrogen (secondary N) is 1. The van der Waals surface area contributed by atoms with Crippen molar-refractivity contribution >= 4 is 22.8 Å². The Morgan fingerprint density at radius 2 is 2.00 bits per heavy atom. The quantitative estimate of drug-likeness (QED) is 0.716. The number of nitrogens with zero attached hydrogens (tertiary/aromatic N) is 2. The van der Waals surface area contributed by atoms with E-state index in [4.69, 9.17) is 5.26 Å². The lowest BCUT2D eigenvalue weighted by Gasteiger charge is -2.02. The summed E-state index contributed by atoms with van der Waals surface area (Å²) in [6.07, 6.45) is 2.04. The number of hydrogen-bond acceptors (Lipinski definition) is 3. The maximum atomic E-state index is 9.11. The van der Waals surface area contributed by atoms with Gasteiger partial charge in [0.25, 0.3) is 0 Å². The lowest BCUT2D eigenvalue weighted by Crippen LogP contribution is -1.83. The van der Waals surface area contributed by atoms with Crippen LogP contribution in [-0.2, 0) is 0 Å². The maximum Gasteiger partial charge on any atom is 0.139 e. The molecule has 3 nitrogen and oxygen atoms in total. The molecule has 0 radical (unpaired) electrons. The zero-order valence-electron chi connectivity index (χ0n) is 10.3. The lowest BCUT2D eigenvalue weighted by atomic mass is 10.2. The van der Waals surface area contributed by atoms with Gasteiger partial charge in [0.1, 0.15) is 17.4 Å². The smallest absolute Gasteiger partial charge is 0.139 e. The summed E-state index contributed by atoms with van der Waals surface area (Å²) < 4.78 is 0. The average Bonchev–Trinajstić information content (AvgIpc) is 2.90. The predicted octanol–water partition coefficient (Wildman–Crippen LogP) is 3.82. The third-order valence-corrected chi connectivity index (χ3v) is 3.79. The first-order chi connectivity index (χ1) is 9.33. The van der Waals surface area contributed by atoms with Crippen molar-refractivity contribution < 1.29 is 0 Å². The fourth-order valence-electron chi connectivity index (χ4n) is 2.09. The van der Waals surface area contributed by atoms with E-state index in [9.17, 15) is 0 Å². The fourth-order valence-corrected chi connectivity index (χ4v) is 2.69. The summed E-state index contributed by atoms with van der Waals surface area (Å²) in [6, 6.07) is 15.9. The molecule has 92 valence electrons. The first-order valence-electron chi connectivity index (χ1n) is 5.85. The molecule has 0 aliphatic rings. The van der Waals surface area contributed by atoms with Gasteiger partial charge in [-0.05, 0) is 24.5 Å². The lowest BCUT2D eigenvalue weighted by molar-refractivity contribution is 1.29. The molecule has 0 amide bonds. The van der Waals surface area contributed by atoms with E-state index in [1.54, 1.807) is 17.8 Å². The van der Waals surface area contributed by atoms with Crippen LogP contribution in [0.5, 0.6) is 0 Å². The van der Waals surface area contributed by atoms with Crippen molar-refractivity contribution in [2.45, 2.75) is 4.90 Å². The number of aromatic amines is 1. The van der Waals surface area contributed by atoms with E-state index in [-0.39, 0.29) is 0 Å². The van der Waals surface area contributed by atoms with E-state index in [1.807, 2.05) is 36.6 Å². The molecule has 0 fully saturated rings. The van der Waals surface area contributed by atoms with Gasteiger partial charge >= 0.3 is 0 Å². The van der Waals surface area contributed by atoms with Gasteiger partial charge in [0, 0.05) is 10.5 Å². The normalized spacial score (nSPS) is 10.5. The topological polar surface area (TPSA) is 52.5 Å². The third-order valence-electron chi connectivity index (χ3n) is 3.00. The molecule has 1 heterocycles. The molecule has 0 saturated carbocycles. The van der Waals surface area contributed by atoms with E-state index >= 15 is 0 Å². The summed E-state index contributed by atoms with van der Waals surface area (Å²) in [5.74, 6) is 0.808. The van der Waals surface area contributed by atoms with Crippen LogP contribution in [0.4, 0.5) is 0 Å². The van der Waals surface area contributed by atoms with E-state index in [2.05, 4.69) is 22.1 Å². The maximum absolute atomic E-state index is 9.11. The number of fused-ring (bicyclic) bond motifs is 1. The van der Waals surface area contributed by atoms with Crippen molar-refractivity contribution in [2.24, 2.45) is 0 Å². The Labute approximate surface area is 115 Å². The number of rotatable bonds is 2. The van der Waals surface area contributed by atoms with E-state index < -0.39 is 0 Å². The number of aromatic nitrogens is 2. The molecule has 0 aliphatic heterocycles. The molecule has 3 aromatic rings. The number of benzene rings is 2. The Kier molecular flexibility index (Phi) is 2.98. The molecule has 19 heavy (non-hydrogen) atoms. The second-order valence-corrected chi connectivity index (χ2v) is 4.95. The number of H-pyrrole nitrogens is 1. The van der Waals surface area contributed by atoms with Gasteiger partial charge in [-0.1, -0.05) is 24.3 Å². The minimum Gasteiger partial charge on any atom is -0.338 e. The van der Waals surface area contributed by atoms with Crippen molar-refractivity contribution in [3.8, 4) is 17.5 Å². The summed E-state index contributed by atoms with van der Waals surface area (Å²) in [6.45, 7) is 0. The highest BCUT2D eigenvalue weighted by molar-refractivity contribution is 7.98. The van der Waals surface area contributed by atoms with Crippen molar-refractivity contribution in [1.29, 1.82) is 5.26 Å². The van der Waals surface area contributed by atoms with Gasteiger partial charge in [0.05, 0.1) is 11.1 Å². The molecule has 2 aromatic carbocycles. The van der Waals surface area contributed by atoms with Crippen LogP contribution in [0.2, 0.25) is 0 Å². The van der Waals surface area contributed by atoms with Gasteiger partial charge in [0.2, 0.25) is 0 Å². The van der Waals surface area contributed by atoms with Crippen LogP contribution in [-0.4, -0.2) is 16.2 Å². The van der Waals surface area contributed by atoms with E-state index in [0.717, 1.165) is 22.4 Å². The Morgan fingerprint density at radius 1 is 1.16 bits per heavy atom. The van der Waals surface area contributed by atoms with Gasteiger partial charge in [-0.15, -0.1) is 11.8 Å². The Morgan fingerprint density at radius 3 is 2.79 bits per heavy atom. The van der Waals surface area contributed by atoms with Gasteiger partial charge in [-0.3, -0.25) is 0 Å². The minimum absolute atomic E-state index is 0.599. The zero-order chi connectivity index (χ0) is 13.2. The molecule has 4 heteroatoms. The summed E-state index contributed by atoms with van der Waals surface area (Å²) in [7, 11) is 0. The van der Waals surface area contributed by atoms with Gasteiger partial charge in [-0.2, -0.15) is 5.26 Å². The third kappa shape index (κ3) is 1.98. The standard InChI is InChI=1S/C15H11N3S/c1-19-13-8-3-2-6-11(13)15-17-12-7-4-5-10(9-16)14(12)18-15/h2-8H,1H3,(H,17,18). The van der Waals surface area contributed by atoms with Gasteiger partial charge < -0.3 is 4.98 Å². The van der Waals surface area contributed by atoms with Gasteiger partial charge in [0.15, 0.2) is 0 Å². The Balaban J connectivity index is 2.24. The van der Waals surface area contributed by atoms with Crippen LogP contribution in [0.15, 0.2) is 47.4 Å². The second kappa shape index (κ2) is 4.79. The molecule has 0 bridgehead atoms. The number of hydrogen-bond donors (Lipinski definition) is 1. The highest BCUT2D eigenvalue weighted by atomic mass is 32.2. The molecular weight excluding hydrogens is 254 g/mol. The van der Waals surface area contributed by atoms with Gasteiger partial charge in [-0.25, -0.2) is 4.98 Å². The summed E-state index contributed by atoms with van der Waals surface area (Å²) >= 11 is 1.69. The fraction of sp³-hybridized carbons (Fsp3) is 0.0667. The Bertz CT molecular complexity index is 783. The average molecular weight is 265 g/mol. The molecular formula is C15H11N3S. The van der Waals surface area contributed by atoms with Crippen molar-refractivity contribution in [1.82, 2.24) is 9.97 Å².